The van der Waals surface area contributed by atoms with E-state index in [0.29, 0.717) is 0 Å². The van der Waals surface area contributed by atoms with Gasteiger partial charge >= 0.3 is 0 Å². The van der Waals surface area contributed by atoms with Crippen molar-refractivity contribution in [3.63, 3.8) is 0 Å². The van der Waals surface area contributed by atoms with Crippen LogP contribution in [0.15, 0.2) is 108 Å². The van der Waals surface area contributed by atoms with Crippen LogP contribution in [0.3, 0.4) is 0 Å². The molecule has 0 aliphatic carbocycles. The van der Waals surface area contributed by atoms with Gasteiger partial charge in [0.05, 0.1) is 11.0 Å². The van der Waals surface area contributed by atoms with Gasteiger partial charge in [-0.2, -0.15) is 0 Å². The zero-order valence-corrected chi connectivity index (χ0v) is 18.3. The minimum Gasteiger partial charge on any atom is -0.398 e. The summed E-state index contributed by atoms with van der Waals surface area (Å²) >= 11 is 0. The number of aromatic nitrogens is 1. The molecule has 156 valence electrons. The predicted octanol–water partition coefficient (Wildman–Crippen LogP) is 6.69. The Kier molecular flexibility index (Phi) is 5.08. The van der Waals surface area contributed by atoms with Crippen LogP contribution in [0.5, 0.6) is 0 Å². The number of nitrogens with two attached hydrogens (primary N) is 1. The molecule has 1 heterocycles. The number of anilines is 1. The number of rotatable bonds is 3. The van der Waals surface area contributed by atoms with Crippen molar-refractivity contribution in [1.29, 1.82) is 0 Å². The molecule has 32 heavy (non-hydrogen) atoms. The van der Waals surface area contributed by atoms with Crippen molar-refractivity contribution in [2.45, 2.75) is 6.92 Å². The first kappa shape index (κ1) is 19.8. The second-order valence-corrected chi connectivity index (χ2v) is 7.95. The summed E-state index contributed by atoms with van der Waals surface area (Å²) < 4.78 is 2.24. The molecule has 0 saturated carbocycles. The molecule has 5 aromatic rings. The molecule has 0 spiro atoms. The van der Waals surface area contributed by atoms with Gasteiger partial charge in [0.2, 0.25) is 0 Å². The van der Waals surface area contributed by atoms with Gasteiger partial charge in [-0.1, -0.05) is 78.9 Å². The summed E-state index contributed by atoms with van der Waals surface area (Å²) in [6, 6.07) is 33.6. The first-order chi connectivity index (χ1) is 15.7. The summed E-state index contributed by atoms with van der Waals surface area (Å²) in [5, 5.41) is 2.31. The van der Waals surface area contributed by atoms with Gasteiger partial charge in [0, 0.05) is 23.5 Å². The van der Waals surface area contributed by atoms with Gasteiger partial charge in [0.15, 0.2) is 0 Å². The number of fused-ring (bicyclic) bond motifs is 3. The number of aliphatic imine (C=N–C) groups is 1. The summed E-state index contributed by atoms with van der Waals surface area (Å²) in [5.41, 5.74) is 13.8. The number of nitrogen functional groups attached to an aromatic ring is 1. The second kappa shape index (κ2) is 8.20. The van der Waals surface area contributed by atoms with Gasteiger partial charge in [-0.3, -0.25) is 9.56 Å². The zero-order valence-electron chi connectivity index (χ0n) is 18.3. The zero-order chi connectivity index (χ0) is 22.1. The Bertz CT molecular complexity index is 1430. The summed E-state index contributed by atoms with van der Waals surface area (Å²) in [4.78, 5) is 4.75. The third-order valence-electron chi connectivity index (χ3n) is 5.96. The standard InChI is InChI=1S/C29H25N3/c1-20-17-28-25(18-26(20)30)23-15-9-10-16-27(23)32(28)29(31-2)19-24(21-11-5-3-6-12-21)22-13-7-4-8-14-22/h3-19H,30H2,1-2H3. The van der Waals surface area contributed by atoms with E-state index in [2.05, 4.69) is 102 Å². The smallest absolute Gasteiger partial charge is 0.133 e. The number of nitrogens with zero attached hydrogens (tertiary/aromatic N) is 2. The van der Waals surface area contributed by atoms with Gasteiger partial charge in [-0.15, -0.1) is 0 Å². The van der Waals surface area contributed by atoms with Gasteiger partial charge in [-0.05, 0) is 53.5 Å². The van der Waals surface area contributed by atoms with Gasteiger partial charge < -0.3 is 5.73 Å². The van der Waals surface area contributed by atoms with Gasteiger partial charge in [0.1, 0.15) is 5.84 Å². The van der Waals surface area contributed by atoms with Crippen LogP contribution in [0.2, 0.25) is 0 Å². The molecule has 0 bridgehead atoms. The lowest BCUT2D eigenvalue weighted by atomic mass is 9.97. The highest BCUT2D eigenvalue weighted by Crippen LogP contribution is 2.33. The number of hydrogen-bond acceptors (Lipinski definition) is 2. The molecule has 0 fully saturated rings. The Balaban J connectivity index is 1.81. The fourth-order valence-electron chi connectivity index (χ4n) is 4.31. The molecule has 0 amide bonds. The van der Waals surface area contributed by atoms with Crippen LogP contribution in [-0.4, -0.2) is 17.5 Å². The molecular formula is C29H25N3. The second-order valence-electron chi connectivity index (χ2n) is 7.95. The van der Waals surface area contributed by atoms with Crippen molar-refractivity contribution >= 4 is 38.9 Å². The van der Waals surface area contributed by atoms with Crippen molar-refractivity contribution in [1.82, 2.24) is 4.57 Å². The van der Waals surface area contributed by atoms with Crippen LogP contribution in [0.25, 0.3) is 27.4 Å². The average Bonchev–Trinajstić information content (AvgIpc) is 3.14. The monoisotopic (exact) mass is 415 g/mol. The van der Waals surface area contributed by atoms with Crippen LogP contribution in [0, 0.1) is 6.92 Å². The van der Waals surface area contributed by atoms with Gasteiger partial charge in [0.25, 0.3) is 0 Å². The highest BCUT2D eigenvalue weighted by Gasteiger charge is 2.16. The van der Waals surface area contributed by atoms with Crippen LogP contribution >= 0.6 is 0 Å². The Morgan fingerprint density at radius 1 is 0.750 bits per heavy atom. The maximum atomic E-state index is 6.28. The predicted molar refractivity (Wildman–Crippen MR) is 137 cm³/mol. The molecule has 2 N–H and O–H groups in total. The van der Waals surface area contributed by atoms with Crippen molar-refractivity contribution in [2.75, 3.05) is 12.8 Å². The van der Waals surface area contributed by atoms with Crippen molar-refractivity contribution in [2.24, 2.45) is 4.99 Å². The van der Waals surface area contributed by atoms with Crippen molar-refractivity contribution < 1.29 is 0 Å². The summed E-state index contributed by atoms with van der Waals surface area (Å²) in [6.07, 6.45) is 2.18. The van der Waals surface area contributed by atoms with E-state index in [0.717, 1.165) is 50.2 Å². The molecule has 0 unspecified atom stereocenters. The number of benzene rings is 4. The molecule has 3 nitrogen and oxygen atoms in total. The van der Waals surface area contributed by atoms with E-state index in [1.54, 1.807) is 0 Å². The van der Waals surface area contributed by atoms with E-state index < -0.39 is 0 Å². The topological polar surface area (TPSA) is 43.3 Å². The first-order valence-electron chi connectivity index (χ1n) is 10.8. The Labute approximate surface area is 188 Å². The van der Waals surface area contributed by atoms with Gasteiger partial charge in [-0.25, -0.2) is 0 Å². The molecule has 1 aromatic heterocycles. The summed E-state index contributed by atoms with van der Waals surface area (Å²) in [6.45, 7) is 2.05. The van der Waals surface area contributed by atoms with E-state index in [9.17, 15) is 0 Å². The first-order valence-corrected chi connectivity index (χ1v) is 10.8. The van der Waals surface area contributed by atoms with E-state index in [-0.39, 0.29) is 0 Å². The van der Waals surface area contributed by atoms with E-state index in [1.165, 1.54) is 5.39 Å². The molecular weight excluding hydrogens is 390 g/mol. The Morgan fingerprint density at radius 3 is 1.97 bits per heavy atom. The third-order valence-corrected chi connectivity index (χ3v) is 5.96. The molecule has 0 aliphatic heterocycles. The fraction of sp³-hybridized carbons (Fsp3) is 0.0690. The maximum Gasteiger partial charge on any atom is 0.133 e. The fourth-order valence-corrected chi connectivity index (χ4v) is 4.31. The maximum absolute atomic E-state index is 6.28. The highest BCUT2D eigenvalue weighted by atomic mass is 15.1. The summed E-state index contributed by atoms with van der Waals surface area (Å²) in [5.74, 6) is 0.878. The average molecular weight is 416 g/mol. The minimum atomic E-state index is 0.806. The molecule has 0 radical (unpaired) electrons. The summed E-state index contributed by atoms with van der Waals surface area (Å²) in [7, 11) is 1.85. The molecule has 0 aliphatic rings. The Morgan fingerprint density at radius 2 is 1.34 bits per heavy atom. The van der Waals surface area contributed by atoms with Crippen LogP contribution in [0.4, 0.5) is 5.69 Å². The molecule has 3 heteroatoms. The number of allylic oxidation sites excluding steroid dienone is 1. The number of aryl methyl sites for hydroxylation is 1. The molecule has 4 aromatic carbocycles. The lowest BCUT2D eigenvalue weighted by molar-refractivity contribution is 1.24. The molecule has 5 rings (SSSR count). The van der Waals surface area contributed by atoms with Crippen molar-refractivity contribution in [3.05, 3.63) is 120 Å². The quantitative estimate of drug-likeness (QED) is 0.199. The lowest BCUT2D eigenvalue weighted by Gasteiger charge is -2.13. The van der Waals surface area contributed by atoms with E-state index in [4.69, 9.17) is 10.7 Å². The normalized spacial score (nSPS) is 11.8. The SMILES string of the molecule is CN=C(C=C(c1ccccc1)c1ccccc1)n1c2ccccc2c2cc(N)c(C)cc21. The highest BCUT2D eigenvalue weighted by molar-refractivity contribution is 6.18. The van der Waals surface area contributed by atoms with Crippen LogP contribution in [0.1, 0.15) is 16.7 Å². The minimum absolute atomic E-state index is 0.806. The largest absolute Gasteiger partial charge is 0.398 e. The number of para-hydroxylation sites is 1. The van der Waals surface area contributed by atoms with E-state index in [1.807, 2.05) is 19.2 Å². The molecule has 0 atom stereocenters. The van der Waals surface area contributed by atoms with E-state index >= 15 is 0 Å². The number of hydrogen-bond donors (Lipinski definition) is 1. The van der Waals surface area contributed by atoms with Crippen LogP contribution < -0.4 is 5.73 Å². The molecule has 0 saturated heterocycles. The lowest BCUT2D eigenvalue weighted by Crippen LogP contribution is -2.10. The van der Waals surface area contributed by atoms with Crippen molar-refractivity contribution in [3.8, 4) is 0 Å². The Hall–Kier alpha value is -4.11. The van der Waals surface area contributed by atoms with Crippen LogP contribution in [-0.2, 0) is 0 Å². The third kappa shape index (κ3) is 3.38.